The molecule has 23 heavy (non-hydrogen) atoms. The van der Waals surface area contributed by atoms with Crippen LogP contribution in [0.2, 0.25) is 0 Å². The van der Waals surface area contributed by atoms with E-state index in [9.17, 15) is 9.90 Å². The standard InChI is InChI=1S/C17H23N3O3/c1-12-19-14-7-6-13(10-15(14)23-12)20-16(21)18-11-17(22)8-4-2-3-5-9-17/h6-7,10,22H,2-5,8-9,11H2,1H3,(H2,18,20,21). The van der Waals surface area contributed by atoms with Crippen molar-refractivity contribution in [3.63, 3.8) is 0 Å². The highest BCUT2D eigenvalue weighted by atomic mass is 16.3. The van der Waals surface area contributed by atoms with Gasteiger partial charge in [-0.1, -0.05) is 25.7 Å². The number of fused-ring (bicyclic) bond motifs is 1. The minimum absolute atomic E-state index is 0.280. The Morgan fingerprint density at radius 1 is 1.30 bits per heavy atom. The maximum Gasteiger partial charge on any atom is 0.319 e. The van der Waals surface area contributed by atoms with Crippen LogP contribution < -0.4 is 10.6 Å². The number of benzene rings is 1. The van der Waals surface area contributed by atoms with Gasteiger partial charge in [-0.2, -0.15) is 0 Å². The van der Waals surface area contributed by atoms with Crippen molar-refractivity contribution in [2.75, 3.05) is 11.9 Å². The van der Waals surface area contributed by atoms with Crippen LogP contribution in [-0.2, 0) is 0 Å². The van der Waals surface area contributed by atoms with E-state index in [1.54, 1.807) is 25.1 Å². The number of anilines is 1. The van der Waals surface area contributed by atoms with Gasteiger partial charge in [-0.25, -0.2) is 9.78 Å². The zero-order valence-electron chi connectivity index (χ0n) is 13.4. The molecule has 1 aliphatic rings. The number of amides is 2. The monoisotopic (exact) mass is 317 g/mol. The lowest BCUT2D eigenvalue weighted by Crippen LogP contribution is -2.44. The predicted octanol–water partition coefficient (Wildman–Crippen LogP) is 3.34. The van der Waals surface area contributed by atoms with Gasteiger partial charge in [0.15, 0.2) is 11.5 Å². The molecule has 0 spiro atoms. The molecule has 1 fully saturated rings. The fourth-order valence-electron chi connectivity index (χ4n) is 3.10. The highest BCUT2D eigenvalue weighted by Crippen LogP contribution is 2.26. The van der Waals surface area contributed by atoms with Gasteiger partial charge in [0.2, 0.25) is 0 Å². The summed E-state index contributed by atoms with van der Waals surface area (Å²) in [5.41, 5.74) is 1.27. The molecule has 1 saturated carbocycles. The summed E-state index contributed by atoms with van der Waals surface area (Å²) in [5, 5.41) is 16.1. The first-order valence-electron chi connectivity index (χ1n) is 8.19. The molecule has 3 N–H and O–H groups in total. The van der Waals surface area contributed by atoms with Gasteiger partial charge in [-0.15, -0.1) is 0 Å². The molecule has 6 heteroatoms. The van der Waals surface area contributed by atoms with Crippen LogP contribution in [-0.4, -0.2) is 28.3 Å². The minimum Gasteiger partial charge on any atom is -0.441 e. The molecule has 0 radical (unpaired) electrons. The van der Waals surface area contributed by atoms with Crippen molar-refractivity contribution in [1.82, 2.24) is 10.3 Å². The predicted molar refractivity (Wildman–Crippen MR) is 88.4 cm³/mol. The molecule has 2 amide bonds. The molecule has 0 bridgehead atoms. The molecule has 2 aromatic rings. The topological polar surface area (TPSA) is 87.4 Å². The lowest BCUT2D eigenvalue weighted by Gasteiger charge is -2.26. The maximum absolute atomic E-state index is 12.0. The van der Waals surface area contributed by atoms with Crippen LogP contribution in [0.3, 0.4) is 0 Å². The highest BCUT2D eigenvalue weighted by molar-refractivity contribution is 5.91. The lowest BCUT2D eigenvalue weighted by atomic mass is 9.95. The van der Waals surface area contributed by atoms with Crippen LogP contribution in [0.1, 0.15) is 44.4 Å². The van der Waals surface area contributed by atoms with Crippen molar-refractivity contribution >= 4 is 22.8 Å². The van der Waals surface area contributed by atoms with E-state index in [0.717, 1.165) is 44.0 Å². The second kappa shape index (κ2) is 6.58. The van der Waals surface area contributed by atoms with Gasteiger partial charge in [0, 0.05) is 25.2 Å². The third kappa shape index (κ3) is 4.01. The number of urea groups is 1. The highest BCUT2D eigenvalue weighted by Gasteiger charge is 2.28. The SMILES string of the molecule is Cc1nc2ccc(NC(=O)NCC3(O)CCCCCC3)cc2o1. The number of carbonyl (C=O) groups excluding carboxylic acids is 1. The third-order valence-corrected chi connectivity index (χ3v) is 4.37. The van der Waals surface area contributed by atoms with Crippen molar-refractivity contribution in [1.29, 1.82) is 0 Å². The average molecular weight is 317 g/mol. The molecular weight excluding hydrogens is 294 g/mol. The molecular formula is C17H23N3O3. The zero-order chi connectivity index (χ0) is 16.3. The first kappa shape index (κ1) is 15.8. The number of nitrogens with zero attached hydrogens (tertiary/aromatic N) is 1. The third-order valence-electron chi connectivity index (χ3n) is 4.37. The molecule has 1 aromatic heterocycles. The van der Waals surface area contributed by atoms with Crippen molar-refractivity contribution in [3.05, 3.63) is 24.1 Å². The minimum atomic E-state index is -0.778. The van der Waals surface area contributed by atoms with Gasteiger partial charge in [0.1, 0.15) is 5.52 Å². The smallest absolute Gasteiger partial charge is 0.319 e. The van der Waals surface area contributed by atoms with E-state index in [4.69, 9.17) is 4.42 Å². The Balaban J connectivity index is 1.57. The van der Waals surface area contributed by atoms with E-state index in [2.05, 4.69) is 15.6 Å². The van der Waals surface area contributed by atoms with E-state index in [-0.39, 0.29) is 12.6 Å². The van der Waals surface area contributed by atoms with E-state index >= 15 is 0 Å². The van der Waals surface area contributed by atoms with Crippen LogP contribution in [0.15, 0.2) is 22.6 Å². The molecule has 0 aliphatic heterocycles. The van der Waals surface area contributed by atoms with Gasteiger partial charge >= 0.3 is 6.03 Å². The lowest BCUT2D eigenvalue weighted by molar-refractivity contribution is 0.0281. The maximum atomic E-state index is 12.0. The number of hydrogen-bond acceptors (Lipinski definition) is 4. The Morgan fingerprint density at radius 3 is 2.78 bits per heavy atom. The van der Waals surface area contributed by atoms with Gasteiger partial charge in [0.25, 0.3) is 0 Å². The number of oxazole rings is 1. The summed E-state index contributed by atoms with van der Waals surface area (Å²) < 4.78 is 5.45. The summed E-state index contributed by atoms with van der Waals surface area (Å²) >= 11 is 0. The van der Waals surface area contributed by atoms with E-state index in [1.807, 2.05) is 0 Å². The number of rotatable bonds is 3. The number of nitrogens with one attached hydrogen (secondary N) is 2. The van der Waals surface area contributed by atoms with Crippen molar-refractivity contribution in [3.8, 4) is 0 Å². The van der Waals surface area contributed by atoms with Gasteiger partial charge in [-0.3, -0.25) is 0 Å². The van der Waals surface area contributed by atoms with E-state index in [0.29, 0.717) is 17.2 Å². The van der Waals surface area contributed by atoms with Crippen LogP contribution in [0.25, 0.3) is 11.1 Å². The van der Waals surface area contributed by atoms with Gasteiger partial charge in [0.05, 0.1) is 5.60 Å². The fraction of sp³-hybridized carbons (Fsp3) is 0.529. The Hall–Kier alpha value is -2.08. The molecule has 0 atom stereocenters. The summed E-state index contributed by atoms with van der Waals surface area (Å²) in [5.74, 6) is 0.595. The average Bonchev–Trinajstić information content (AvgIpc) is 2.73. The van der Waals surface area contributed by atoms with Gasteiger partial charge < -0.3 is 20.2 Å². The van der Waals surface area contributed by atoms with Crippen LogP contribution in [0.5, 0.6) is 0 Å². The second-order valence-corrected chi connectivity index (χ2v) is 6.36. The quantitative estimate of drug-likeness (QED) is 0.758. The first-order chi connectivity index (χ1) is 11.0. The normalized spacial score (nSPS) is 17.7. The van der Waals surface area contributed by atoms with E-state index in [1.165, 1.54) is 0 Å². The zero-order valence-corrected chi connectivity index (χ0v) is 13.4. The summed E-state index contributed by atoms with van der Waals surface area (Å²) in [4.78, 5) is 16.3. The van der Waals surface area contributed by atoms with Crippen LogP contribution >= 0.6 is 0 Å². The largest absolute Gasteiger partial charge is 0.441 e. The van der Waals surface area contributed by atoms with Crippen LogP contribution in [0.4, 0.5) is 10.5 Å². The molecule has 1 heterocycles. The Morgan fingerprint density at radius 2 is 2.04 bits per heavy atom. The number of hydrogen-bond donors (Lipinski definition) is 3. The number of carbonyl (C=O) groups is 1. The summed E-state index contributed by atoms with van der Waals surface area (Å²) in [6, 6.07) is 5.01. The summed E-state index contributed by atoms with van der Waals surface area (Å²) in [6.07, 6.45) is 5.84. The number of aryl methyl sites for hydroxylation is 1. The second-order valence-electron chi connectivity index (χ2n) is 6.36. The molecule has 3 rings (SSSR count). The van der Waals surface area contributed by atoms with Crippen molar-refractivity contribution in [2.45, 2.75) is 51.0 Å². The molecule has 124 valence electrons. The Labute approximate surface area is 135 Å². The van der Waals surface area contributed by atoms with Gasteiger partial charge in [-0.05, 0) is 25.0 Å². The Kier molecular flexibility index (Phi) is 4.52. The number of aliphatic hydroxyl groups is 1. The number of aromatic nitrogens is 1. The summed E-state index contributed by atoms with van der Waals surface area (Å²) in [7, 11) is 0. The van der Waals surface area contributed by atoms with Crippen molar-refractivity contribution in [2.24, 2.45) is 0 Å². The summed E-state index contributed by atoms with van der Waals surface area (Å²) in [6.45, 7) is 2.07. The van der Waals surface area contributed by atoms with Crippen molar-refractivity contribution < 1.29 is 14.3 Å². The first-order valence-corrected chi connectivity index (χ1v) is 8.19. The fourth-order valence-corrected chi connectivity index (χ4v) is 3.10. The van der Waals surface area contributed by atoms with Crippen LogP contribution in [0, 0.1) is 6.92 Å². The molecule has 6 nitrogen and oxygen atoms in total. The Bertz CT molecular complexity index is 687. The molecule has 0 unspecified atom stereocenters. The molecule has 0 saturated heterocycles. The van der Waals surface area contributed by atoms with E-state index < -0.39 is 5.60 Å². The molecule has 1 aliphatic carbocycles. The molecule has 1 aromatic carbocycles.